The van der Waals surface area contributed by atoms with Crippen LogP contribution >= 0.6 is 11.8 Å². The van der Waals surface area contributed by atoms with Crippen LogP contribution in [-0.4, -0.2) is 53.0 Å². The van der Waals surface area contributed by atoms with Crippen molar-refractivity contribution in [3.8, 4) is 11.3 Å². The number of halogens is 3. The van der Waals surface area contributed by atoms with Crippen LogP contribution in [0.4, 0.5) is 18.9 Å². The third-order valence-electron chi connectivity index (χ3n) is 7.67. The van der Waals surface area contributed by atoms with Gasteiger partial charge in [0.1, 0.15) is 6.04 Å². The van der Waals surface area contributed by atoms with Crippen LogP contribution in [0.15, 0.2) is 83.5 Å². The SMILES string of the molecule is CC1=C(C(=O)NC(CC(C)C)C(=O)NC(C)C(=O)CNC(=O)Cc2cccc(-c3ccccn3)c2)SCN1c1ccc(C(F)(F)F)cc1. The second-order valence-electron chi connectivity index (χ2n) is 11.9. The van der Waals surface area contributed by atoms with Crippen molar-refractivity contribution < 1.29 is 32.3 Å². The van der Waals surface area contributed by atoms with Crippen LogP contribution in [0, 0.1) is 5.92 Å². The Bertz CT molecular complexity index is 1660. The third kappa shape index (κ3) is 9.69. The lowest BCUT2D eigenvalue weighted by Crippen LogP contribution is -2.52. The van der Waals surface area contributed by atoms with Crippen molar-refractivity contribution in [1.29, 1.82) is 0 Å². The van der Waals surface area contributed by atoms with Crippen molar-refractivity contribution >= 4 is 41.0 Å². The van der Waals surface area contributed by atoms with Gasteiger partial charge in [0.2, 0.25) is 11.8 Å². The number of hydrogen-bond donors (Lipinski definition) is 3. The molecular weight excluding hydrogens is 643 g/mol. The maximum absolute atomic E-state index is 13.3. The first kappa shape index (κ1) is 36.2. The lowest BCUT2D eigenvalue weighted by molar-refractivity contribution is -0.137. The Morgan fingerprint density at radius 1 is 0.958 bits per heavy atom. The molecule has 9 nitrogen and oxygen atoms in total. The summed E-state index contributed by atoms with van der Waals surface area (Å²) < 4.78 is 39.0. The predicted molar refractivity (Wildman–Crippen MR) is 179 cm³/mol. The Hall–Kier alpha value is -4.65. The van der Waals surface area contributed by atoms with Gasteiger partial charge >= 0.3 is 6.18 Å². The van der Waals surface area contributed by atoms with E-state index in [0.29, 0.717) is 28.6 Å². The maximum atomic E-state index is 13.3. The van der Waals surface area contributed by atoms with Gasteiger partial charge in [0.25, 0.3) is 5.91 Å². The van der Waals surface area contributed by atoms with Gasteiger partial charge in [-0.15, -0.1) is 0 Å². The number of alkyl halides is 3. The minimum absolute atomic E-state index is 0.0254. The Balaban J connectivity index is 1.31. The Morgan fingerprint density at radius 3 is 2.33 bits per heavy atom. The highest BCUT2D eigenvalue weighted by Crippen LogP contribution is 2.37. The van der Waals surface area contributed by atoms with E-state index in [1.807, 2.05) is 56.3 Å². The molecular formula is C35H38F3N5O4S. The van der Waals surface area contributed by atoms with Gasteiger partial charge < -0.3 is 20.9 Å². The predicted octanol–water partition coefficient (Wildman–Crippen LogP) is 5.47. The van der Waals surface area contributed by atoms with E-state index in [-0.39, 0.29) is 24.8 Å². The summed E-state index contributed by atoms with van der Waals surface area (Å²) in [4.78, 5) is 58.4. The number of carbonyl (C=O) groups excluding carboxylic acids is 4. The number of aromatic nitrogens is 1. The first-order valence-electron chi connectivity index (χ1n) is 15.4. The molecule has 0 fully saturated rings. The van der Waals surface area contributed by atoms with Crippen LogP contribution < -0.4 is 20.9 Å². The van der Waals surface area contributed by atoms with Crippen molar-refractivity contribution in [1.82, 2.24) is 20.9 Å². The minimum Gasteiger partial charge on any atom is -0.349 e. The molecule has 0 aliphatic carbocycles. The molecule has 1 aliphatic heterocycles. The zero-order chi connectivity index (χ0) is 35.0. The van der Waals surface area contributed by atoms with Crippen LogP contribution in [0.25, 0.3) is 11.3 Å². The molecule has 2 atom stereocenters. The Kier molecular flexibility index (Phi) is 12.0. The van der Waals surface area contributed by atoms with E-state index in [1.54, 1.807) is 18.0 Å². The van der Waals surface area contributed by atoms with E-state index < -0.39 is 41.4 Å². The molecule has 2 aromatic carbocycles. The first-order valence-corrected chi connectivity index (χ1v) is 16.4. The number of Topliss-reactive ketones (excluding diaryl/α,β-unsaturated/α-hetero) is 1. The topological polar surface area (TPSA) is 120 Å². The lowest BCUT2D eigenvalue weighted by atomic mass is 10.0. The van der Waals surface area contributed by atoms with Crippen molar-refractivity contribution in [2.24, 2.45) is 5.92 Å². The molecule has 3 N–H and O–H groups in total. The number of nitrogens with zero attached hydrogens (tertiary/aromatic N) is 2. The van der Waals surface area contributed by atoms with E-state index in [0.717, 1.165) is 29.0 Å². The van der Waals surface area contributed by atoms with Gasteiger partial charge in [-0.25, -0.2) is 0 Å². The molecule has 13 heteroatoms. The van der Waals surface area contributed by atoms with Crippen LogP contribution in [0.1, 0.15) is 45.2 Å². The maximum Gasteiger partial charge on any atom is 0.416 e. The molecule has 1 aliphatic rings. The quantitative estimate of drug-likeness (QED) is 0.219. The lowest BCUT2D eigenvalue weighted by Gasteiger charge is -2.23. The fraction of sp³-hybridized carbons (Fsp3) is 0.343. The molecule has 48 heavy (non-hydrogen) atoms. The highest BCUT2D eigenvalue weighted by molar-refractivity contribution is 8.04. The number of carbonyl (C=O) groups is 4. The number of benzene rings is 2. The molecule has 0 saturated heterocycles. The molecule has 3 aromatic rings. The molecule has 4 rings (SSSR count). The van der Waals surface area contributed by atoms with Gasteiger partial charge in [-0.3, -0.25) is 24.2 Å². The molecule has 0 bridgehead atoms. The van der Waals surface area contributed by atoms with E-state index in [1.165, 1.54) is 30.8 Å². The first-order chi connectivity index (χ1) is 22.7. The van der Waals surface area contributed by atoms with Crippen molar-refractivity contribution in [3.63, 3.8) is 0 Å². The van der Waals surface area contributed by atoms with E-state index in [9.17, 15) is 32.3 Å². The second kappa shape index (κ2) is 16.0. The molecule has 2 heterocycles. The highest BCUT2D eigenvalue weighted by Gasteiger charge is 2.33. The van der Waals surface area contributed by atoms with Crippen LogP contribution in [0.3, 0.4) is 0 Å². The molecule has 254 valence electrons. The molecule has 2 unspecified atom stereocenters. The highest BCUT2D eigenvalue weighted by atomic mass is 32.2. The number of nitrogens with one attached hydrogen (secondary N) is 3. The summed E-state index contributed by atoms with van der Waals surface area (Å²) in [6.07, 6.45) is -2.41. The van der Waals surface area contributed by atoms with Gasteiger partial charge in [-0.1, -0.05) is 49.9 Å². The van der Waals surface area contributed by atoms with Gasteiger partial charge in [0, 0.05) is 23.1 Å². The van der Waals surface area contributed by atoms with Gasteiger partial charge in [0.05, 0.1) is 41.0 Å². The number of allylic oxidation sites excluding steroid dienone is 1. The molecule has 0 saturated carbocycles. The monoisotopic (exact) mass is 681 g/mol. The third-order valence-corrected chi connectivity index (χ3v) is 8.82. The van der Waals surface area contributed by atoms with E-state index in [2.05, 4.69) is 20.9 Å². The van der Waals surface area contributed by atoms with Crippen LogP contribution in [0.2, 0.25) is 0 Å². The number of amides is 3. The minimum atomic E-state index is -4.45. The van der Waals surface area contributed by atoms with Crippen LogP contribution in [0.5, 0.6) is 0 Å². The van der Waals surface area contributed by atoms with Gasteiger partial charge in [-0.2, -0.15) is 13.2 Å². The summed E-state index contributed by atoms with van der Waals surface area (Å²) in [5.41, 5.74) is 2.68. The largest absolute Gasteiger partial charge is 0.416 e. The van der Waals surface area contributed by atoms with Crippen molar-refractivity contribution in [2.75, 3.05) is 17.3 Å². The van der Waals surface area contributed by atoms with Crippen LogP contribution in [-0.2, 0) is 31.8 Å². The Labute approximate surface area is 281 Å². The zero-order valence-corrected chi connectivity index (χ0v) is 27.9. The summed E-state index contributed by atoms with van der Waals surface area (Å²) in [6.45, 7) is 6.70. The zero-order valence-electron chi connectivity index (χ0n) is 27.1. The van der Waals surface area contributed by atoms with Gasteiger partial charge in [-0.05, 0) is 74.2 Å². The number of rotatable bonds is 13. The summed E-state index contributed by atoms with van der Waals surface area (Å²) in [6, 6.07) is 15.8. The van der Waals surface area contributed by atoms with Gasteiger partial charge in [0.15, 0.2) is 5.78 Å². The molecule has 0 spiro atoms. The average molecular weight is 682 g/mol. The Morgan fingerprint density at radius 2 is 1.69 bits per heavy atom. The second-order valence-corrected chi connectivity index (χ2v) is 12.8. The fourth-order valence-electron chi connectivity index (χ4n) is 5.06. The summed E-state index contributed by atoms with van der Waals surface area (Å²) >= 11 is 1.21. The van der Waals surface area contributed by atoms with E-state index >= 15 is 0 Å². The standard InChI is InChI=1S/C35H38F3N5O4S/c1-21(2)16-29(42-34(47)32-23(4)43(20-48-32)27-13-11-26(12-14-27)35(36,37)38)33(46)41-22(3)30(44)19-40-31(45)18-24-8-7-9-25(17-24)28-10-5-6-15-39-28/h5-15,17,21-22,29H,16,18-20H2,1-4H3,(H,40,45)(H,41,46)(H,42,47). The number of anilines is 1. The normalized spacial score (nSPS) is 14.5. The van der Waals surface area contributed by atoms with E-state index in [4.69, 9.17) is 0 Å². The molecule has 0 radical (unpaired) electrons. The fourth-order valence-corrected chi connectivity index (χ4v) is 6.17. The number of ketones is 1. The molecule has 3 amide bonds. The van der Waals surface area contributed by atoms with Crippen molar-refractivity contribution in [3.05, 3.63) is 94.7 Å². The smallest absolute Gasteiger partial charge is 0.349 e. The summed E-state index contributed by atoms with van der Waals surface area (Å²) in [5, 5.41) is 8.04. The number of hydrogen-bond acceptors (Lipinski definition) is 7. The average Bonchev–Trinajstić information content (AvgIpc) is 3.44. The number of thioether (sulfide) groups is 1. The molecule has 1 aromatic heterocycles. The summed E-state index contributed by atoms with van der Waals surface area (Å²) in [5.74, 6) is -1.47. The van der Waals surface area contributed by atoms with Crippen molar-refractivity contribution in [2.45, 2.75) is 58.8 Å². The summed E-state index contributed by atoms with van der Waals surface area (Å²) in [7, 11) is 0. The number of pyridine rings is 1.